The quantitative estimate of drug-likeness (QED) is 0.521. The third-order valence-electron chi connectivity index (χ3n) is 3.60. The molecule has 0 aromatic heterocycles. The van der Waals surface area contributed by atoms with E-state index in [4.69, 9.17) is 10.5 Å². The van der Waals surface area contributed by atoms with Crippen LogP contribution in [0.4, 0.5) is 0 Å². The molecule has 2 rings (SSSR count). The number of hydrogen-bond donors (Lipinski definition) is 1. The summed E-state index contributed by atoms with van der Waals surface area (Å²) in [6.45, 7) is 7.53. The lowest BCUT2D eigenvalue weighted by Crippen LogP contribution is -2.43. The van der Waals surface area contributed by atoms with E-state index in [1.54, 1.807) is 0 Å². The summed E-state index contributed by atoms with van der Waals surface area (Å²) in [7, 11) is 0. The minimum atomic E-state index is 0.563. The number of nitrogens with two attached hydrogens (primary N) is 1. The van der Waals surface area contributed by atoms with E-state index < -0.39 is 0 Å². The number of nitrogens with zero attached hydrogens (tertiary/aromatic N) is 2. The van der Waals surface area contributed by atoms with Gasteiger partial charge in [0.15, 0.2) is 5.96 Å². The molecule has 110 valence electrons. The Bertz CT molecular complexity index is 459. The van der Waals surface area contributed by atoms with Crippen LogP contribution in [0.1, 0.15) is 25.3 Å². The molecule has 1 heterocycles. The van der Waals surface area contributed by atoms with Gasteiger partial charge in [0.1, 0.15) is 12.4 Å². The predicted octanol–water partition coefficient (Wildman–Crippen LogP) is 2.42. The molecule has 1 unspecified atom stereocenters. The molecule has 2 N–H and O–H groups in total. The van der Waals surface area contributed by atoms with Gasteiger partial charge in [-0.3, -0.25) is 0 Å². The smallest absolute Gasteiger partial charge is 0.191 e. The second-order valence-electron chi connectivity index (χ2n) is 5.60. The van der Waals surface area contributed by atoms with Crippen LogP contribution in [-0.2, 0) is 0 Å². The number of aryl methyl sites for hydroxylation is 1. The fourth-order valence-electron chi connectivity index (χ4n) is 2.53. The second kappa shape index (κ2) is 7.17. The first-order valence-electron chi connectivity index (χ1n) is 7.39. The number of aliphatic imine (C=N–C) groups is 1. The molecule has 0 spiro atoms. The minimum absolute atomic E-state index is 0.563. The molecule has 20 heavy (non-hydrogen) atoms. The summed E-state index contributed by atoms with van der Waals surface area (Å²) >= 11 is 0. The van der Waals surface area contributed by atoms with Gasteiger partial charge in [-0.05, 0) is 43.4 Å². The van der Waals surface area contributed by atoms with Crippen molar-refractivity contribution in [1.82, 2.24) is 4.90 Å². The summed E-state index contributed by atoms with van der Waals surface area (Å²) in [6, 6.07) is 8.05. The summed E-state index contributed by atoms with van der Waals surface area (Å²) < 4.78 is 5.66. The predicted molar refractivity (Wildman–Crippen MR) is 83.1 cm³/mol. The van der Waals surface area contributed by atoms with Crippen molar-refractivity contribution < 1.29 is 4.74 Å². The largest absolute Gasteiger partial charge is 0.492 e. The lowest BCUT2D eigenvalue weighted by molar-refractivity contribution is 0.269. The average Bonchev–Trinajstić information content (AvgIpc) is 2.43. The van der Waals surface area contributed by atoms with Gasteiger partial charge in [0, 0.05) is 13.1 Å². The van der Waals surface area contributed by atoms with Crippen molar-refractivity contribution in [2.24, 2.45) is 16.6 Å². The number of hydrogen-bond acceptors (Lipinski definition) is 2. The van der Waals surface area contributed by atoms with Crippen LogP contribution < -0.4 is 10.5 Å². The fraction of sp³-hybridized carbons (Fsp3) is 0.562. The zero-order valence-electron chi connectivity index (χ0n) is 12.5. The van der Waals surface area contributed by atoms with Crippen molar-refractivity contribution >= 4 is 5.96 Å². The molecular weight excluding hydrogens is 250 g/mol. The van der Waals surface area contributed by atoms with Gasteiger partial charge in [0.05, 0.1) is 6.54 Å². The van der Waals surface area contributed by atoms with Gasteiger partial charge in [-0.25, -0.2) is 4.99 Å². The van der Waals surface area contributed by atoms with Crippen LogP contribution in [-0.4, -0.2) is 37.1 Å². The van der Waals surface area contributed by atoms with Crippen molar-refractivity contribution in [2.75, 3.05) is 26.2 Å². The third-order valence-corrected chi connectivity index (χ3v) is 3.60. The van der Waals surface area contributed by atoms with Gasteiger partial charge < -0.3 is 15.4 Å². The maximum Gasteiger partial charge on any atom is 0.191 e. The molecule has 1 aliphatic rings. The van der Waals surface area contributed by atoms with Crippen LogP contribution >= 0.6 is 0 Å². The van der Waals surface area contributed by atoms with E-state index in [-0.39, 0.29) is 0 Å². The van der Waals surface area contributed by atoms with Crippen LogP contribution in [0.2, 0.25) is 0 Å². The van der Waals surface area contributed by atoms with Gasteiger partial charge in [0.25, 0.3) is 0 Å². The molecule has 1 atom stereocenters. The Morgan fingerprint density at radius 3 is 3.10 bits per heavy atom. The van der Waals surface area contributed by atoms with Crippen LogP contribution in [0.25, 0.3) is 0 Å². The Morgan fingerprint density at radius 1 is 1.50 bits per heavy atom. The summed E-state index contributed by atoms with van der Waals surface area (Å²) in [4.78, 5) is 6.60. The topological polar surface area (TPSA) is 50.9 Å². The summed E-state index contributed by atoms with van der Waals surface area (Å²) in [6.07, 6.45) is 2.50. The first-order chi connectivity index (χ1) is 9.65. The average molecular weight is 275 g/mol. The zero-order valence-corrected chi connectivity index (χ0v) is 12.5. The van der Waals surface area contributed by atoms with Crippen molar-refractivity contribution in [2.45, 2.75) is 26.7 Å². The van der Waals surface area contributed by atoms with Gasteiger partial charge >= 0.3 is 0 Å². The number of rotatable bonds is 4. The number of likely N-dealkylation sites (tertiary alicyclic amines) is 1. The molecule has 1 aromatic carbocycles. The van der Waals surface area contributed by atoms with Crippen LogP contribution in [0, 0.1) is 12.8 Å². The van der Waals surface area contributed by atoms with Crippen molar-refractivity contribution in [1.29, 1.82) is 0 Å². The van der Waals surface area contributed by atoms with Gasteiger partial charge in [0.2, 0.25) is 0 Å². The Labute approximate surface area is 121 Å². The standard InChI is InChI=1S/C16H25N3O/c1-13-5-3-7-15(11-13)20-10-8-18-16(17)19-9-4-6-14(2)12-19/h3,5,7,11,14H,4,6,8-10,12H2,1-2H3,(H2,17,18). The molecular formula is C16H25N3O. The molecule has 0 bridgehead atoms. The van der Waals surface area contributed by atoms with E-state index in [2.05, 4.69) is 29.8 Å². The maximum atomic E-state index is 6.03. The SMILES string of the molecule is Cc1cccc(OCCN=C(N)N2CCCC(C)C2)c1. The van der Waals surface area contributed by atoms with Crippen LogP contribution in [0.15, 0.2) is 29.3 Å². The highest BCUT2D eigenvalue weighted by Crippen LogP contribution is 2.15. The lowest BCUT2D eigenvalue weighted by atomic mass is 10.0. The molecule has 1 saturated heterocycles. The summed E-state index contributed by atoms with van der Waals surface area (Å²) in [5.41, 5.74) is 7.24. The maximum absolute atomic E-state index is 6.03. The van der Waals surface area contributed by atoms with Crippen LogP contribution in [0.3, 0.4) is 0 Å². The monoisotopic (exact) mass is 275 g/mol. The molecule has 4 heteroatoms. The van der Waals surface area contributed by atoms with E-state index in [9.17, 15) is 0 Å². The number of ether oxygens (including phenoxy) is 1. The normalized spacial score (nSPS) is 20.0. The first-order valence-corrected chi connectivity index (χ1v) is 7.39. The molecule has 1 fully saturated rings. The molecule has 0 saturated carbocycles. The molecule has 0 amide bonds. The van der Waals surface area contributed by atoms with Crippen molar-refractivity contribution in [3.8, 4) is 5.75 Å². The van der Waals surface area contributed by atoms with Gasteiger partial charge in [-0.15, -0.1) is 0 Å². The first kappa shape index (κ1) is 14.7. The van der Waals surface area contributed by atoms with Gasteiger partial charge in [-0.2, -0.15) is 0 Å². The molecule has 4 nitrogen and oxygen atoms in total. The van der Waals surface area contributed by atoms with E-state index >= 15 is 0 Å². The third kappa shape index (κ3) is 4.44. The van der Waals surface area contributed by atoms with E-state index in [0.717, 1.165) is 18.8 Å². The highest BCUT2D eigenvalue weighted by molar-refractivity contribution is 5.78. The Kier molecular flexibility index (Phi) is 5.27. The Hall–Kier alpha value is -1.71. The number of piperidine rings is 1. The zero-order chi connectivity index (χ0) is 14.4. The summed E-state index contributed by atoms with van der Waals surface area (Å²) in [5, 5.41) is 0. The number of benzene rings is 1. The Morgan fingerprint density at radius 2 is 2.35 bits per heavy atom. The van der Waals surface area contributed by atoms with Gasteiger partial charge in [-0.1, -0.05) is 19.1 Å². The van der Waals surface area contributed by atoms with E-state index in [1.807, 2.05) is 18.2 Å². The van der Waals surface area contributed by atoms with Crippen molar-refractivity contribution in [3.63, 3.8) is 0 Å². The Balaban J connectivity index is 1.75. The highest BCUT2D eigenvalue weighted by atomic mass is 16.5. The van der Waals surface area contributed by atoms with E-state index in [1.165, 1.54) is 18.4 Å². The molecule has 0 aliphatic carbocycles. The van der Waals surface area contributed by atoms with Crippen LogP contribution in [0.5, 0.6) is 5.75 Å². The lowest BCUT2D eigenvalue weighted by Gasteiger charge is -2.31. The molecule has 0 radical (unpaired) electrons. The molecule has 1 aliphatic heterocycles. The number of guanidine groups is 1. The molecule has 1 aromatic rings. The highest BCUT2D eigenvalue weighted by Gasteiger charge is 2.17. The van der Waals surface area contributed by atoms with E-state index in [0.29, 0.717) is 25.0 Å². The fourth-order valence-corrected chi connectivity index (χ4v) is 2.53. The summed E-state index contributed by atoms with van der Waals surface area (Å²) in [5.74, 6) is 2.26. The van der Waals surface area contributed by atoms with Crippen molar-refractivity contribution in [3.05, 3.63) is 29.8 Å². The minimum Gasteiger partial charge on any atom is -0.492 e. The second-order valence-corrected chi connectivity index (χ2v) is 5.60.